The van der Waals surface area contributed by atoms with Gasteiger partial charge in [-0.3, -0.25) is 24.0 Å². The number of rotatable bonds is 8. The molecule has 1 saturated heterocycles. The lowest BCUT2D eigenvalue weighted by atomic mass is 9.99. The summed E-state index contributed by atoms with van der Waals surface area (Å²) in [4.78, 5) is 66.6. The topological polar surface area (TPSA) is 169 Å². The maximum Gasteiger partial charge on any atom is 0.313 e. The Bertz CT molecular complexity index is 1180. The maximum absolute atomic E-state index is 13.5. The van der Waals surface area contributed by atoms with E-state index in [1.165, 1.54) is 6.92 Å². The van der Waals surface area contributed by atoms with Crippen LogP contribution >= 0.6 is 11.8 Å². The van der Waals surface area contributed by atoms with Gasteiger partial charge in [0, 0.05) is 41.7 Å². The molecule has 6 N–H and O–H groups in total. The number of carboxylic acid groups (broad SMARTS) is 1. The lowest BCUT2D eigenvalue weighted by Gasteiger charge is -2.25. The molecule has 0 unspecified atom stereocenters. The summed E-state index contributed by atoms with van der Waals surface area (Å²) in [7, 11) is 0. The van der Waals surface area contributed by atoms with Crippen LogP contribution < -0.4 is 21.3 Å². The standard InChI is InChI=1S/C26H35N5O6S/c1-14(2)8-17-10-22(32)28-15(3)24(35)31-21(12-38-13-23(33)34)26(37)30-20(25(36)29-17)9-16-11-27-19-7-5-4-6-18(16)19/h4-7,11,14-15,17,20-21,27H,8-10,12-13H2,1-3H3,(H,28,32)(H,29,36)(H,30,37)(H,31,35)(H,33,34)/t15-,17-,20-,21-/m0/s1. The third kappa shape index (κ3) is 8.23. The molecule has 0 spiro atoms. The molecule has 206 valence electrons. The van der Waals surface area contributed by atoms with Crippen molar-refractivity contribution in [3.8, 4) is 0 Å². The minimum Gasteiger partial charge on any atom is -0.481 e. The van der Waals surface area contributed by atoms with Crippen LogP contribution in [0.3, 0.4) is 0 Å². The van der Waals surface area contributed by atoms with Crippen molar-refractivity contribution in [2.24, 2.45) is 5.92 Å². The molecule has 0 bridgehead atoms. The first-order valence-electron chi connectivity index (χ1n) is 12.6. The predicted molar refractivity (Wildman–Crippen MR) is 144 cm³/mol. The summed E-state index contributed by atoms with van der Waals surface area (Å²) in [6.07, 6.45) is 2.46. The van der Waals surface area contributed by atoms with Crippen molar-refractivity contribution in [2.45, 2.75) is 64.2 Å². The molecule has 1 aliphatic heterocycles. The van der Waals surface area contributed by atoms with E-state index >= 15 is 0 Å². The van der Waals surface area contributed by atoms with Gasteiger partial charge in [0.2, 0.25) is 23.6 Å². The van der Waals surface area contributed by atoms with Crippen molar-refractivity contribution in [1.29, 1.82) is 0 Å². The highest BCUT2D eigenvalue weighted by Gasteiger charge is 2.32. The summed E-state index contributed by atoms with van der Waals surface area (Å²) in [5, 5.41) is 20.8. The molecular formula is C26H35N5O6S. The van der Waals surface area contributed by atoms with Gasteiger partial charge in [0.1, 0.15) is 18.1 Å². The zero-order chi connectivity index (χ0) is 27.8. The predicted octanol–water partition coefficient (Wildman–Crippen LogP) is 0.937. The van der Waals surface area contributed by atoms with Gasteiger partial charge in [0.25, 0.3) is 0 Å². The first-order chi connectivity index (χ1) is 18.0. The number of aromatic nitrogens is 1. The Morgan fingerprint density at radius 1 is 1.00 bits per heavy atom. The van der Waals surface area contributed by atoms with Crippen molar-refractivity contribution in [1.82, 2.24) is 26.3 Å². The second-order valence-corrected chi connectivity index (χ2v) is 11.0. The fourth-order valence-corrected chi connectivity index (χ4v) is 5.16. The molecule has 1 aromatic heterocycles. The number of aliphatic carboxylic acids is 1. The molecule has 38 heavy (non-hydrogen) atoms. The average molecular weight is 546 g/mol. The van der Waals surface area contributed by atoms with E-state index in [9.17, 15) is 24.0 Å². The summed E-state index contributed by atoms with van der Waals surface area (Å²) in [6, 6.07) is 4.06. The number of benzene rings is 1. The van der Waals surface area contributed by atoms with Crippen molar-refractivity contribution in [3.63, 3.8) is 0 Å². The van der Waals surface area contributed by atoms with Crippen LogP contribution in [0.5, 0.6) is 0 Å². The van der Waals surface area contributed by atoms with Gasteiger partial charge in [-0.25, -0.2) is 0 Å². The molecule has 1 aromatic carbocycles. The molecule has 2 aromatic rings. The third-order valence-electron chi connectivity index (χ3n) is 6.18. The molecule has 1 aliphatic rings. The van der Waals surface area contributed by atoms with E-state index in [1.807, 2.05) is 38.1 Å². The van der Waals surface area contributed by atoms with Crippen molar-refractivity contribution in [2.75, 3.05) is 11.5 Å². The van der Waals surface area contributed by atoms with E-state index in [0.29, 0.717) is 6.42 Å². The zero-order valence-corrected chi connectivity index (χ0v) is 22.5. The average Bonchev–Trinajstić information content (AvgIpc) is 3.24. The van der Waals surface area contributed by atoms with E-state index in [-0.39, 0.29) is 30.3 Å². The highest BCUT2D eigenvalue weighted by Crippen LogP contribution is 2.20. The smallest absolute Gasteiger partial charge is 0.313 e. The quantitative estimate of drug-likeness (QED) is 0.287. The van der Waals surface area contributed by atoms with E-state index in [2.05, 4.69) is 26.3 Å². The lowest BCUT2D eigenvalue weighted by molar-refractivity contribution is -0.134. The van der Waals surface area contributed by atoms with Crippen molar-refractivity contribution in [3.05, 3.63) is 36.0 Å². The van der Waals surface area contributed by atoms with Crippen molar-refractivity contribution < 1.29 is 29.1 Å². The molecule has 0 saturated carbocycles. The van der Waals surface area contributed by atoms with E-state index < -0.39 is 53.8 Å². The van der Waals surface area contributed by atoms with Gasteiger partial charge in [-0.1, -0.05) is 32.0 Å². The largest absolute Gasteiger partial charge is 0.481 e. The van der Waals surface area contributed by atoms with Gasteiger partial charge in [-0.15, -0.1) is 11.8 Å². The van der Waals surface area contributed by atoms with Crippen LogP contribution in [-0.4, -0.2) is 75.4 Å². The first-order valence-corrected chi connectivity index (χ1v) is 13.7. The minimum atomic E-state index is -1.11. The molecule has 0 aliphatic carbocycles. The highest BCUT2D eigenvalue weighted by molar-refractivity contribution is 8.00. The molecule has 4 atom stereocenters. The van der Waals surface area contributed by atoms with Crippen LogP contribution in [0, 0.1) is 5.92 Å². The highest BCUT2D eigenvalue weighted by atomic mass is 32.2. The number of amides is 4. The molecule has 1 fully saturated rings. The fraction of sp³-hybridized carbons (Fsp3) is 0.500. The number of hydrogen-bond donors (Lipinski definition) is 6. The number of thioether (sulfide) groups is 1. The maximum atomic E-state index is 13.5. The molecule has 11 nitrogen and oxygen atoms in total. The summed E-state index contributed by atoms with van der Waals surface area (Å²) in [5.74, 6) is -3.21. The molecule has 0 radical (unpaired) electrons. The normalized spacial score (nSPS) is 23.5. The van der Waals surface area contributed by atoms with Gasteiger partial charge < -0.3 is 31.4 Å². The van der Waals surface area contributed by atoms with E-state index in [4.69, 9.17) is 5.11 Å². The number of carbonyl (C=O) groups excluding carboxylic acids is 4. The Kier molecular flexibility index (Phi) is 10.2. The van der Waals surface area contributed by atoms with E-state index in [1.54, 1.807) is 6.20 Å². The molecule has 12 heteroatoms. The second-order valence-electron chi connectivity index (χ2n) is 9.92. The minimum absolute atomic E-state index is 0.0207. The summed E-state index contributed by atoms with van der Waals surface area (Å²) in [6.45, 7) is 5.46. The van der Waals surface area contributed by atoms with Gasteiger partial charge in [-0.05, 0) is 30.9 Å². The first kappa shape index (κ1) is 29.0. The summed E-state index contributed by atoms with van der Waals surface area (Å²) >= 11 is 0.965. The number of H-pyrrole nitrogens is 1. The molecule has 4 amide bonds. The van der Waals surface area contributed by atoms with Gasteiger partial charge in [0.15, 0.2) is 0 Å². The number of aromatic amines is 1. The second kappa shape index (κ2) is 13.3. The molecule has 3 rings (SSSR count). The monoisotopic (exact) mass is 545 g/mol. The third-order valence-corrected chi connectivity index (χ3v) is 7.20. The van der Waals surface area contributed by atoms with Crippen LogP contribution in [0.25, 0.3) is 10.9 Å². The van der Waals surface area contributed by atoms with Gasteiger partial charge in [0.05, 0.1) is 5.75 Å². The van der Waals surface area contributed by atoms with Crippen LogP contribution in [0.1, 0.15) is 39.2 Å². The number of nitrogens with one attached hydrogen (secondary N) is 5. The number of hydrogen-bond acceptors (Lipinski definition) is 6. The molecular weight excluding hydrogens is 510 g/mol. The zero-order valence-electron chi connectivity index (χ0n) is 21.7. The fourth-order valence-electron chi connectivity index (χ4n) is 4.40. The summed E-state index contributed by atoms with van der Waals surface area (Å²) < 4.78 is 0. The number of carbonyl (C=O) groups is 5. The van der Waals surface area contributed by atoms with E-state index in [0.717, 1.165) is 28.2 Å². The van der Waals surface area contributed by atoms with Gasteiger partial charge in [-0.2, -0.15) is 0 Å². The van der Waals surface area contributed by atoms with Crippen molar-refractivity contribution >= 4 is 52.3 Å². The van der Waals surface area contributed by atoms with Gasteiger partial charge >= 0.3 is 5.97 Å². The van der Waals surface area contributed by atoms with Crippen LogP contribution in [0.15, 0.2) is 30.5 Å². The number of fused-ring (bicyclic) bond motifs is 1. The molecule has 2 heterocycles. The number of carboxylic acids is 1. The lowest BCUT2D eigenvalue weighted by Crippen LogP contribution is -2.57. The summed E-state index contributed by atoms with van der Waals surface area (Å²) in [5.41, 5.74) is 1.70. The van der Waals surface area contributed by atoms with Crippen LogP contribution in [0.4, 0.5) is 0 Å². The SMILES string of the molecule is CC(C)C[C@H]1CC(=O)N[C@@H](C)C(=O)N[C@@H](CSCC(=O)O)C(=O)N[C@@H](Cc2c[nH]c3ccccc23)C(=O)N1. The Morgan fingerprint density at radius 2 is 1.68 bits per heavy atom. The van der Waals surface area contributed by atoms with Crippen LogP contribution in [-0.2, 0) is 30.4 Å². The Morgan fingerprint density at radius 3 is 2.39 bits per heavy atom. The Hall–Kier alpha value is -3.54. The Balaban J connectivity index is 1.93. The van der Waals surface area contributed by atoms with Crippen LogP contribution in [0.2, 0.25) is 0 Å². The Labute approximate surface area is 225 Å². The number of para-hydroxylation sites is 1.